The van der Waals surface area contributed by atoms with Crippen molar-refractivity contribution in [3.8, 4) is 5.75 Å². The Balaban J connectivity index is 3.20. The van der Waals surface area contributed by atoms with Crippen molar-refractivity contribution in [2.45, 2.75) is 19.9 Å². The van der Waals surface area contributed by atoms with Crippen molar-refractivity contribution in [1.29, 1.82) is 0 Å². The fourth-order valence-corrected chi connectivity index (χ4v) is 1.58. The molecule has 0 amide bonds. The summed E-state index contributed by atoms with van der Waals surface area (Å²) >= 11 is 6.02. The molecule has 0 aromatic heterocycles. The number of aryl methyl sites for hydroxylation is 1. The molecule has 2 N–H and O–H groups in total. The van der Waals surface area contributed by atoms with Gasteiger partial charge in [-0.1, -0.05) is 11.6 Å². The lowest BCUT2D eigenvalue weighted by Crippen LogP contribution is -2.06. The van der Waals surface area contributed by atoms with Gasteiger partial charge in [0.2, 0.25) is 0 Å². The summed E-state index contributed by atoms with van der Waals surface area (Å²) in [5, 5.41) is 0.664. The zero-order valence-electron chi connectivity index (χ0n) is 8.10. The third-order valence-electron chi connectivity index (χ3n) is 2.00. The average molecular weight is 200 g/mol. The second-order valence-electron chi connectivity index (χ2n) is 3.13. The molecule has 0 aliphatic rings. The van der Waals surface area contributed by atoms with Crippen molar-refractivity contribution < 1.29 is 4.74 Å². The van der Waals surface area contributed by atoms with Crippen molar-refractivity contribution in [1.82, 2.24) is 0 Å². The number of hydrogen-bond acceptors (Lipinski definition) is 2. The van der Waals surface area contributed by atoms with Crippen LogP contribution in [-0.4, -0.2) is 7.11 Å². The van der Waals surface area contributed by atoms with Crippen LogP contribution in [0.5, 0.6) is 5.75 Å². The van der Waals surface area contributed by atoms with E-state index in [1.54, 1.807) is 13.2 Å². The van der Waals surface area contributed by atoms with Gasteiger partial charge in [0, 0.05) is 11.1 Å². The number of methoxy groups -OCH3 is 1. The van der Waals surface area contributed by atoms with Crippen LogP contribution in [0.3, 0.4) is 0 Å². The highest BCUT2D eigenvalue weighted by molar-refractivity contribution is 6.31. The number of hydrogen-bond donors (Lipinski definition) is 1. The summed E-state index contributed by atoms with van der Waals surface area (Å²) in [7, 11) is 1.63. The van der Waals surface area contributed by atoms with Crippen LogP contribution in [0.2, 0.25) is 5.02 Å². The molecule has 13 heavy (non-hydrogen) atoms. The highest BCUT2D eigenvalue weighted by atomic mass is 35.5. The lowest BCUT2D eigenvalue weighted by molar-refractivity contribution is 0.411. The zero-order valence-corrected chi connectivity index (χ0v) is 8.85. The van der Waals surface area contributed by atoms with Crippen LogP contribution in [0.4, 0.5) is 0 Å². The van der Waals surface area contributed by atoms with Gasteiger partial charge in [0.05, 0.1) is 7.11 Å². The Hall–Kier alpha value is -0.730. The van der Waals surface area contributed by atoms with Crippen LogP contribution in [0.25, 0.3) is 0 Å². The predicted molar refractivity (Wildman–Crippen MR) is 55.3 cm³/mol. The first-order valence-electron chi connectivity index (χ1n) is 4.16. The third kappa shape index (κ3) is 2.14. The molecule has 0 saturated heterocycles. The molecule has 0 bridgehead atoms. The normalized spacial score (nSPS) is 12.7. The highest BCUT2D eigenvalue weighted by Crippen LogP contribution is 2.29. The predicted octanol–water partition coefficient (Wildman–Crippen LogP) is 2.68. The van der Waals surface area contributed by atoms with Gasteiger partial charge in [0.15, 0.2) is 0 Å². The van der Waals surface area contributed by atoms with E-state index in [0.717, 1.165) is 16.9 Å². The summed E-state index contributed by atoms with van der Waals surface area (Å²) < 4.78 is 5.14. The smallest absolute Gasteiger partial charge is 0.123 e. The monoisotopic (exact) mass is 199 g/mol. The first-order chi connectivity index (χ1) is 6.06. The van der Waals surface area contributed by atoms with E-state index in [2.05, 4.69) is 0 Å². The van der Waals surface area contributed by atoms with Gasteiger partial charge in [-0.05, 0) is 37.1 Å². The lowest BCUT2D eigenvalue weighted by atomic mass is 10.1. The zero-order chi connectivity index (χ0) is 10.0. The summed E-state index contributed by atoms with van der Waals surface area (Å²) in [6, 6.07) is 3.72. The standard InChI is InChI=1S/C10H14ClNO/c1-6-4-8(7(2)12)9(11)5-10(6)13-3/h4-5,7H,12H2,1-3H3/t7-/m1/s1. The molecule has 0 aliphatic heterocycles. The maximum atomic E-state index is 6.02. The van der Waals surface area contributed by atoms with Crippen molar-refractivity contribution in [3.63, 3.8) is 0 Å². The van der Waals surface area contributed by atoms with Crippen LogP contribution >= 0.6 is 11.6 Å². The molecule has 1 aromatic carbocycles. The van der Waals surface area contributed by atoms with Gasteiger partial charge < -0.3 is 10.5 Å². The molecule has 2 nitrogen and oxygen atoms in total. The first kappa shape index (κ1) is 10.4. The summed E-state index contributed by atoms with van der Waals surface area (Å²) in [6.45, 7) is 3.88. The number of rotatable bonds is 2. The first-order valence-corrected chi connectivity index (χ1v) is 4.53. The molecule has 0 spiro atoms. The second-order valence-corrected chi connectivity index (χ2v) is 3.54. The van der Waals surface area contributed by atoms with Crippen molar-refractivity contribution in [2.75, 3.05) is 7.11 Å². The molecule has 0 radical (unpaired) electrons. The van der Waals surface area contributed by atoms with E-state index in [4.69, 9.17) is 22.1 Å². The second kappa shape index (κ2) is 3.99. The summed E-state index contributed by atoms with van der Waals surface area (Å²) in [5.41, 5.74) is 7.76. The van der Waals surface area contributed by atoms with Gasteiger partial charge in [-0.25, -0.2) is 0 Å². The van der Waals surface area contributed by atoms with Gasteiger partial charge in [-0.3, -0.25) is 0 Å². The average Bonchev–Trinajstić information content (AvgIpc) is 2.07. The molecule has 0 aliphatic carbocycles. The Labute approximate surface area is 83.6 Å². The fourth-order valence-electron chi connectivity index (χ4n) is 1.25. The maximum Gasteiger partial charge on any atom is 0.123 e. The molecule has 3 heteroatoms. The Morgan fingerprint density at radius 3 is 2.54 bits per heavy atom. The van der Waals surface area contributed by atoms with E-state index in [0.29, 0.717) is 5.02 Å². The van der Waals surface area contributed by atoms with E-state index in [1.807, 2.05) is 19.9 Å². The van der Waals surface area contributed by atoms with Crippen molar-refractivity contribution >= 4 is 11.6 Å². The van der Waals surface area contributed by atoms with Gasteiger partial charge >= 0.3 is 0 Å². The Bertz CT molecular complexity index is 310. The molecule has 0 unspecified atom stereocenters. The lowest BCUT2D eigenvalue weighted by Gasteiger charge is -2.12. The van der Waals surface area contributed by atoms with Gasteiger partial charge in [0.25, 0.3) is 0 Å². The molecule has 0 saturated carbocycles. The van der Waals surface area contributed by atoms with Gasteiger partial charge in [-0.2, -0.15) is 0 Å². The van der Waals surface area contributed by atoms with Crippen LogP contribution < -0.4 is 10.5 Å². The minimum absolute atomic E-state index is 0.0443. The van der Waals surface area contributed by atoms with E-state index in [1.165, 1.54) is 0 Å². The van der Waals surface area contributed by atoms with E-state index in [9.17, 15) is 0 Å². The van der Waals surface area contributed by atoms with Gasteiger partial charge in [0.1, 0.15) is 5.75 Å². The van der Waals surface area contributed by atoms with E-state index in [-0.39, 0.29) is 6.04 Å². The fraction of sp³-hybridized carbons (Fsp3) is 0.400. The molecular formula is C10H14ClNO. The minimum atomic E-state index is -0.0443. The summed E-state index contributed by atoms with van der Waals surface area (Å²) in [5.74, 6) is 0.800. The number of nitrogens with two attached hydrogens (primary N) is 1. The minimum Gasteiger partial charge on any atom is -0.496 e. The Kier molecular flexibility index (Phi) is 3.17. The molecule has 72 valence electrons. The molecule has 0 heterocycles. The van der Waals surface area contributed by atoms with E-state index < -0.39 is 0 Å². The van der Waals surface area contributed by atoms with Crippen LogP contribution in [0.15, 0.2) is 12.1 Å². The largest absolute Gasteiger partial charge is 0.496 e. The van der Waals surface area contributed by atoms with Gasteiger partial charge in [-0.15, -0.1) is 0 Å². The van der Waals surface area contributed by atoms with E-state index >= 15 is 0 Å². The number of benzene rings is 1. The third-order valence-corrected chi connectivity index (χ3v) is 2.33. The van der Waals surface area contributed by atoms with Crippen LogP contribution in [0.1, 0.15) is 24.1 Å². The maximum absolute atomic E-state index is 6.02. The van der Waals surface area contributed by atoms with Crippen molar-refractivity contribution in [3.05, 3.63) is 28.3 Å². The Morgan fingerprint density at radius 1 is 1.46 bits per heavy atom. The van der Waals surface area contributed by atoms with Crippen LogP contribution in [-0.2, 0) is 0 Å². The van der Waals surface area contributed by atoms with Crippen molar-refractivity contribution in [2.24, 2.45) is 5.73 Å². The molecule has 1 rings (SSSR count). The molecule has 1 aromatic rings. The highest BCUT2D eigenvalue weighted by Gasteiger charge is 2.08. The molecular weight excluding hydrogens is 186 g/mol. The summed E-state index contributed by atoms with van der Waals surface area (Å²) in [6.07, 6.45) is 0. The molecule has 1 atom stereocenters. The number of ether oxygens (including phenoxy) is 1. The Morgan fingerprint density at radius 2 is 2.08 bits per heavy atom. The molecule has 0 fully saturated rings. The topological polar surface area (TPSA) is 35.2 Å². The van der Waals surface area contributed by atoms with Crippen LogP contribution in [0, 0.1) is 6.92 Å². The number of halogens is 1. The summed E-state index contributed by atoms with van der Waals surface area (Å²) in [4.78, 5) is 0. The SMILES string of the molecule is COc1cc(Cl)c([C@@H](C)N)cc1C. The quantitative estimate of drug-likeness (QED) is 0.795.